The molecule has 3 aliphatic heterocycles. The summed E-state index contributed by atoms with van der Waals surface area (Å²) in [6.07, 6.45) is 4.87. The first-order valence-corrected chi connectivity index (χ1v) is 11.5. The summed E-state index contributed by atoms with van der Waals surface area (Å²) >= 11 is 0. The Bertz CT molecular complexity index is 742. The summed E-state index contributed by atoms with van der Waals surface area (Å²) in [4.78, 5) is 31.9. The first-order valence-electron chi connectivity index (χ1n) is 11.5. The van der Waals surface area contributed by atoms with Gasteiger partial charge < -0.3 is 19.9 Å². The Morgan fingerprint density at radius 1 is 1.10 bits per heavy atom. The lowest BCUT2D eigenvalue weighted by Gasteiger charge is -2.39. The van der Waals surface area contributed by atoms with E-state index in [2.05, 4.69) is 17.1 Å². The number of ether oxygens (including phenoxy) is 1. The summed E-state index contributed by atoms with van der Waals surface area (Å²) in [7, 11) is 0. The minimum Gasteiger partial charge on any atom is -0.486 e. The molecule has 3 amide bonds. The van der Waals surface area contributed by atoms with E-state index in [1.54, 1.807) is 0 Å². The molecule has 0 aliphatic carbocycles. The van der Waals surface area contributed by atoms with Gasteiger partial charge in [0, 0.05) is 32.1 Å². The van der Waals surface area contributed by atoms with Crippen LogP contribution in [0.4, 0.5) is 10.5 Å². The van der Waals surface area contributed by atoms with E-state index in [-0.39, 0.29) is 24.0 Å². The number of hydrogen-bond donors (Lipinski definition) is 1. The Balaban J connectivity index is 1.28. The predicted octanol–water partition coefficient (Wildman–Crippen LogP) is 2.71. The van der Waals surface area contributed by atoms with Gasteiger partial charge in [-0.25, -0.2) is 4.79 Å². The van der Waals surface area contributed by atoms with Crippen molar-refractivity contribution in [3.8, 4) is 5.75 Å². The molecule has 0 radical (unpaired) electrons. The summed E-state index contributed by atoms with van der Waals surface area (Å²) in [5.41, 5.74) is 0.842. The molecule has 1 atom stereocenters. The van der Waals surface area contributed by atoms with Gasteiger partial charge in [-0.1, -0.05) is 19.1 Å². The molecular weight excluding hydrogens is 380 g/mol. The van der Waals surface area contributed by atoms with Gasteiger partial charge in [0.25, 0.3) is 0 Å². The van der Waals surface area contributed by atoms with Crippen LogP contribution in [0.25, 0.3) is 0 Å². The largest absolute Gasteiger partial charge is 0.486 e. The zero-order chi connectivity index (χ0) is 20.9. The van der Waals surface area contributed by atoms with Crippen LogP contribution < -0.4 is 15.0 Å². The molecule has 7 heteroatoms. The van der Waals surface area contributed by atoms with Crippen LogP contribution in [0.15, 0.2) is 24.3 Å². The van der Waals surface area contributed by atoms with Crippen LogP contribution in [-0.2, 0) is 4.79 Å². The fraction of sp³-hybridized carbons (Fsp3) is 0.652. The van der Waals surface area contributed by atoms with Crippen molar-refractivity contribution < 1.29 is 14.3 Å². The highest BCUT2D eigenvalue weighted by Gasteiger charge is 2.34. The highest BCUT2D eigenvalue weighted by atomic mass is 16.5. The van der Waals surface area contributed by atoms with Crippen LogP contribution in [0, 0.1) is 5.92 Å². The maximum atomic E-state index is 13.3. The summed E-state index contributed by atoms with van der Waals surface area (Å²) in [5.74, 6) is 0.924. The van der Waals surface area contributed by atoms with Crippen molar-refractivity contribution in [1.29, 1.82) is 0 Å². The van der Waals surface area contributed by atoms with Gasteiger partial charge in [-0.3, -0.25) is 9.69 Å². The number of amides is 3. The summed E-state index contributed by atoms with van der Waals surface area (Å²) in [6, 6.07) is 7.77. The van der Waals surface area contributed by atoms with Crippen LogP contribution in [-0.4, -0.2) is 73.7 Å². The van der Waals surface area contributed by atoms with E-state index in [9.17, 15) is 9.59 Å². The number of anilines is 1. The number of carbonyl (C=O) groups is 2. The van der Waals surface area contributed by atoms with Gasteiger partial charge in [-0.15, -0.1) is 0 Å². The number of nitrogens with one attached hydrogen (secondary N) is 1. The van der Waals surface area contributed by atoms with E-state index in [0.717, 1.165) is 56.9 Å². The second-order valence-corrected chi connectivity index (χ2v) is 8.61. The zero-order valence-corrected chi connectivity index (χ0v) is 18.0. The molecule has 1 aromatic carbocycles. The molecule has 0 bridgehead atoms. The molecule has 3 heterocycles. The number of benzene rings is 1. The third kappa shape index (κ3) is 4.72. The molecule has 3 aliphatic rings. The van der Waals surface area contributed by atoms with Crippen molar-refractivity contribution >= 4 is 17.6 Å². The quantitative estimate of drug-likeness (QED) is 0.805. The number of rotatable bonds is 5. The van der Waals surface area contributed by atoms with Crippen molar-refractivity contribution in [2.75, 3.05) is 50.7 Å². The van der Waals surface area contributed by atoms with Crippen LogP contribution in [0.1, 0.15) is 39.0 Å². The maximum absolute atomic E-state index is 13.3. The van der Waals surface area contributed by atoms with Gasteiger partial charge in [0.15, 0.2) is 0 Å². The molecule has 0 saturated carbocycles. The molecule has 164 valence electrons. The topological polar surface area (TPSA) is 65.1 Å². The number of likely N-dealkylation sites (tertiary alicyclic amines) is 2. The first-order chi connectivity index (χ1) is 14.7. The SMILES string of the molecule is CC[C@H]1CN(C(=O)N2CCC(C(=O)NCCN3CCCC3)CC2)c2ccccc2O1. The lowest BCUT2D eigenvalue weighted by atomic mass is 9.96. The lowest BCUT2D eigenvalue weighted by molar-refractivity contribution is -0.126. The number of urea groups is 1. The van der Waals surface area contributed by atoms with E-state index < -0.39 is 0 Å². The Morgan fingerprint density at radius 3 is 2.57 bits per heavy atom. The zero-order valence-electron chi connectivity index (χ0n) is 18.0. The third-order valence-electron chi connectivity index (χ3n) is 6.58. The molecule has 1 N–H and O–H groups in total. The fourth-order valence-corrected chi connectivity index (χ4v) is 4.68. The molecule has 2 fully saturated rings. The van der Waals surface area contributed by atoms with E-state index >= 15 is 0 Å². The fourth-order valence-electron chi connectivity index (χ4n) is 4.68. The van der Waals surface area contributed by atoms with Gasteiger partial charge in [0.05, 0.1) is 12.2 Å². The minimum absolute atomic E-state index is 0.00740. The minimum atomic E-state index is 0.00740. The molecule has 7 nitrogen and oxygen atoms in total. The van der Waals surface area contributed by atoms with Crippen LogP contribution in [0.5, 0.6) is 5.75 Å². The average molecular weight is 415 g/mol. The van der Waals surface area contributed by atoms with Gasteiger partial charge in [0.2, 0.25) is 5.91 Å². The molecule has 0 aromatic heterocycles. The standard InChI is InChI=1S/C23H34N4O3/c1-2-19-17-27(20-7-3-4-8-21(20)30-19)23(29)26-14-9-18(10-15-26)22(28)24-11-16-25-12-5-6-13-25/h3-4,7-8,18-19H,2,5-6,9-17H2,1H3,(H,24,28)/t19-/m0/s1. The maximum Gasteiger partial charge on any atom is 0.324 e. The molecule has 0 unspecified atom stereocenters. The van der Waals surface area contributed by atoms with Crippen LogP contribution in [0.3, 0.4) is 0 Å². The molecule has 2 saturated heterocycles. The summed E-state index contributed by atoms with van der Waals surface area (Å²) in [5, 5.41) is 3.10. The number of piperidine rings is 1. The van der Waals surface area contributed by atoms with Gasteiger partial charge >= 0.3 is 6.03 Å². The van der Waals surface area contributed by atoms with Gasteiger partial charge in [-0.05, 0) is 57.3 Å². The summed E-state index contributed by atoms with van der Waals surface area (Å²) in [6.45, 7) is 7.87. The Hall–Kier alpha value is -2.28. The van der Waals surface area contributed by atoms with Gasteiger partial charge in [0.1, 0.15) is 11.9 Å². The van der Waals surface area contributed by atoms with Crippen LogP contribution in [0.2, 0.25) is 0 Å². The number of carbonyl (C=O) groups excluding carboxylic acids is 2. The summed E-state index contributed by atoms with van der Waals surface area (Å²) < 4.78 is 6.00. The first kappa shape index (κ1) is 21.0. The van der Waals surface area contributed by atoms with Crippen molar-refractivity contribution in [2.45, 2.75) is 45.1 Å². The molecule has 4 rings (SSSR count). The highest BCUT2D eigenvalue weighted by molar-refractivity contribution is 5.94. The number of fused-ring (bicyclic) bond motifs is 1. The van der Waals surface area contributed by atoms with E-state index in [1.165, 1.54) is 12.8 Å². The molecule has 30 heavy (non-hydrogen) atoms. The monoisotopic (exact) mass is 414 g/mol. The number of nitrogens with zero attached hydrogens (tertiary/aromatic N) is 3. The Labute approximate surface area is 179 Å². The predicted molar refractivity (Wildman–Crippen MR) is 117 cm³/mol. The number of hydrogen-bond acceptors (Lipinski definition) is 4. The normalized spacial score (nSPS) is 22.5. The molecular formula is C23H34N4O3. The second-order valence-electron chi connectivity index (χ2n) is 8.61. The number of para-hydroxylation sites is 2. The van der Waals surface area contributed by atoms with Gasteiger partial charge in [-0.2, -0.15) is 0 Å². The Morgan fingerprint density at radius 2 is 1.83 bits per heavy atom. The van der Waals surface area contributed by atoms with Crippen molar-refractivity contribution in [1.82, 2.24) is 15.1 Å². The van der Waals surface area contributed by atoms with Crippen LogP contribution >= 0.6 is 0 Å². The lowest BCUT2D eigenvalue weighted by Crippen LogP contribution is -2.52. The third-order valence-corrected chi connectivity index (χ3v) is 6.58. The molecule has 1 aromatic rings. The van der Waals surface area contributed by atoms with E-state index in [4.69, 9.17) is 4.74 Å². The van der Waals surface area contributed by atoms with E-state index in [1.807, 2.05) is 34.1 Å². The average Bonchev–Trinajstić information content (AvgIpc) is 3.31. The smallest absolute Gasteiger partial charge is 0.324 e. The Kier molecular flexibility index (Phi) is 6.77. The molecule has 0 spiro atoms. The second kappa shape index (κ2) is 9.69. The van der Waals surface area contributed by atoms with Crippen molar-refractivity contribution in [3.63, 3.8) is 0 Å². The van der Waals surface area contributed by atoms with Crippen molar-refractivity contribution in [3.05, 3.63) is 24.3 Å². The van der Waals surface area contributed by atoms with E-state index in [0.29, 0.717) is 19.6 Å². The van der Waals surface area contributed by atoms with Crippen molar-refractivity contribution in [2.24, 2.45) is 5.92 Å². The highest BCUT2D eigenvalue weighted by Crippen LogP contribution is 2.35.